The van der Waals surface area contributed by atoms with Crippen LogP contribution in [0.3, 0.4) is 0 Å². The summed E-state index contributed by atoms with van der Waals surface area (Å²) in [4.78, 5) is 8.20. The molecular formula is C14H10ClN3O. The number of rotatable bonds is 2. The van der Waals surface area contributed by atoms with E-state index in [1.807, 2.05) is 18.2 Å². The summed E-state index contributed by atoms with van der Waals surface area (Å²) in [7, 11) is 0. The molecule has 0 fully saturated rings. The number of hydrogen-bond acceptors (Lipinski definition) is 4. The van der Waals surface area contributed by atoms with Crippen LogP contribution in [0, 0.1) is 0 Å². The van der Waals surface area contributed by atoms with Gasteiger partial charge in [-0.2, -0.15) is 0 Å². The van der Waals surface area contributed by atoms with E-state index in [9.17, 15) is 0 Å². The molecule has 0 saturated heterocycles. The highest BCUT2D eigenvalue weighted by Crippen LogP contribution is 2.33. The summed E-state index contributed by atoms with van der Waals surface area (Å²) in [5.41, 5.74) is 7.46. The number of ether oxygens (including phenoxy) is 1. The van der Waals surface area contributed by atoms with Gasteiger partial charge < -0.3 is 10.5 Å². The number of halogens is 1. The number of pyridine rings is 2. The predicted octanol–water partition coefficient (Wildman–Crippen LogP) is 3.66. The zero-order chi connectivity index (χ0) is 13.2. The van der Waals surface area contributed by atoms with Crippen molar-refractivity contribution >= 4 is 28.2 Å². The molecule has 0 radical (unpaired) electrons. The van der Waals surface area contributed by atoms with Crippen LogP contribution in [0.15, 0.2) is 48.9 Å². The minimum Gasteiger partial charge on any atom is -0.454 e. The summed E-state index contributed by atoms with van der Waals surface area (Å²) in [6, 6.07) is 9.07. The van der Waals surface area contributed by atoms with Gasteiger partial charge in [-0.05, 0) is 24.3 Å². The largest absolute Gasteiger partial charge is 0.454 e. The van der Waals surface area contributed by atoms with E-state index in [4.69, 9.17) is 22.1 Å². The summed E-state index contributed by atoms with van der Waals surface area (Å²) in [6.45, 7) is 0. The fourth-order valence-electron chi connectivity index (χ4n) is 1.82. The topological polar surface area (TPSA) is 61.0 Å². The van der Waals surface area contributed by atoms with E-state index in [1.165, 1.54) is 0 Å². The quantitative estimate of drug-likeness (QED) is 0.723. The molecule has 1 aromatic carbocycles. The molecule has 2 N–H and O–H groups in total. The Labute approximate surface area is 114 Å². The van der Waals surface area contributed by atoms with Crippen LogP contribution in [0.1, 0.15) is 0 Å². The Balaban J connectivity index is 2.04. The van der Waals surface area contributed by atoms with E-state index < -0.39 is 0 Å². The van der Waals surface area contributed by atoms with Crippen molar-refractivity contribution in [3.63, 3.8) is 0 Å². The van der Waals surface area contributed by atoms with Crippen molar-refractivity contribution in [3.8, 4) is 11.5 Å². The number of anilines is 1. The molecule has 0 amide bonds. The summed E-state index contributed by atoms with van der Waals surface area (Å²) in [6.07, 6.45) is 4.85. The smallest absolute Gasteiger partial charge is 0.151 e. The molecule has 3 aromatic rings. The predicted molar refractivity (Wildman–Crippen MR) is 75.5 cm³/mol. The van der Waals surface area contributed by atoms with Crippen molar-refractivity contribution in [2.75, 3.05) is 5.73 Å². The highest BCUT2D eigenvalue weighted by molar-refractivity contribution is 6.30. The van der Waals surface area contributed by atoms with Gasteiger partial charge in [0.2, 0.25) is 0 Å². The first-order chi connectivity index (χ1) is 9.24. The highest BCUT2D eigenvalue weighted by Gasteiger charge is 2.07. The van der Waals surface area contributed by atoms with Crippen molar-refractivity contribution in [2.45, 2.75) is 0 Å². The molecule has 0 aliphatic heterocycles. The van der Waals surface area contributed by atoms with Crippen LogP contribution in [-0.4, -0.2) is 9.97 Å². The van der Waals surface area contributed by atoms with Gasteiger partial charge in [0.05, 0.1) is 22.4 Å². The second kappa shape index (κ2) is 4.74. The third kappa shape index (κ3) is 2.30. The fraction of sp³-hybridized carbons (Fsp3) is 0. The monoisotopic (exact) mass is 271 g/mol. The number of nitrogens with zero attached hydrogens (tertiary/aromatic N) is 2. The minimum atomic E-state index is 0.513. The van der Waals surface area contributed by atoms with Crippen molar-refractivity contribution < 1.29 is 4.74 Å². The van der Waals surface area contributed by atoms with E-state index in [1.54, 1.807) is 30.7 Å². The lowest BCUT2D eigenvalue weighted by molar-refractivity contribution is 0.483. The normalized spacial score (nSPS) is 10.6. The highest BCUT2D eigenvalue weighted by atomic mass is 35.5. The maximum atomic E-state index is 6.09. The zero-order valence-electron chi connectivity index (χ0n) is 9.88. The van der Waals surface area contributed by atoms with Crippen LogP contribution in [-0.2, 0) is 0 Å². The minimum absolute atomic E-state index is 0.513. The van der Waals surface area contributed by atoms with E-state index in [2.05, 4.69) is 9.97 Å². The molecule has 0 aliphatic carbocycles. The van der Waals surface area contributed by atoms with Crippen LogP contribution in [0.4, 0.5) is 5.69 Å². The summed E-state index contributed by atoms with van der Waals surface area (Å²) in [5, 5.41) is 1.37. The fourth-order valence-corrected chi connectivity index (χ4v) is 1.98. The Morgan fingerprint density at radius 3 is 2.89 bits per heavy atom. The van der Waals surface area contributed by atoms with Crippen LogP contribution in [0.5, 0.6) is 11.5 Å². The molecule has 3 rings (SSSR count). The molecule has 0 saturated carbocycles. The number of nitrogens with two attached hydrogens (primary N) is 1. The zero-order valence-corrected chi connectivity index (χ0v) is 10.6. The van der Waals surface area contributed by atoms with Gasteiger partial charge in [0, 0.05) is 23.8 Å². The van der Waals surface area contributed by atoms with Crippen LogP contribution in [0.25, 0.3) is 10.9 Å². The Bertz CT molecular complexity index is 746. The van der Waals surface area contributed by atoms with E-state index in [-0.39, 0.29) is 0 Å². The molecule has 0 atom stereocenters. The molecule has 0 unspecified atom stereocenters. The number of fused-ring (bicyclic) bond motifs is 1. The molecule has 4 nitrogen and oxygen atoms in total. The van der Waals surface area contributed by atoms with Crippen molar-refractivity contribution in [2.24, 2.45) is 0 Å². The molecule has 5 heteroatoms. The second-order valence-electron chi connectivity index (χ2n) is 3.99. The summed E-state index contributed by atoms with van der Waals surface area (Å²) in [5.74, 6) is 1.10. The van der Waals surface area contributed by atoms with Crippen molar-refractivity contribution in [1.29, 1.82) is 0 Å². The maximum absolute atomic E-state index is 6.09. The van der Waals surface area contributed by atoms with Crippen LogP contribution in [0.2, 0.25) is 5.02 Å². The van der Waals surface area contributed by atoms with Crippen LogP contribution < -0.4 is 10.5 Å². The average molecular weight is 272 g/mol. The molecule has 0 spiro atoms. The van der Waals surface area contributed by atoms with Crippen molar-refractivity contribution in [1.82, 2.24) is 9.97 Å². The summed E-state index contributed by atoms with van der Waals surface area (Å²) < 4.78 is 5.70. The van der Waals surface area contributed by atoms with Gasteiger partial charge >= 0.3 is 0 Å². The Morgan fingerprint density at radius 1 is 1.16 bits per heavy atom. The molecule has 94 valence electrons. The Kier molecular flexibility index (Phi) is 2.93. The SMILES string of the molecule is Nc1c(Oc2cncc(Cl)c2)ccc2ncccc12. The summed E-state index contributed by atoms with van der Waals surface area (Å²) >= 11 is 5.86. The van der Waals surface area contributed by atoms with E-state index in [0.29, 0.717) is 22.2 Å². The molecule has 0 aliphatic rings. The van der Waals surface area contributed by atoms with Gasteiger partial charge in [0.1, 0.15) is 5.75 Å². The number of benzene rings is 1. The first kappa shape index (κ1) is 11.7. The van der Waals surface area contributed by atoms with E-state index >= 15 is 0 Å². The lowest BCUT2D eigenvalue weighted by Crippen LogP contribution is -1.94. The van der Waals surface area contributed by atoms with Gasteiger partial charge in [-0.3, -0.25) is 9.97 Å². The van der Waals surface area contributed by atoms with Gasteiger partial charge in [0.25, 0.3) is 0 Å². The molecule has 2 heterocycles. The Morgan fingerprint density at radius 2 is 2.05 bits per heavy atom. The lowest BCUT2D eigenvalue weighted by Gasteiger charge is -2.10. The third-order valence-corrected chi connectivity index (χ3v) is 2.90. The number of hydrogen-bond donors (Lipinski definition) is 1. The molecule has 19 heavy (non-hydrogen) atoms. The molecule has 0 bridgehead atoms. The third-order valence-electron chi connectivity index (χ3n) is 2.69. The Hall–Kier alpha value is -2.33. The number of nitrogen functional groups attached to an aromatic ring is 1. The first-order valence-corrected chi connectivity index (χ1v) is 6.03. The van der Waals surface area contributed by atoms with E-state index in [0.717, 1.165) is 10.9 Å². The lowest BCUT2D eigenvalue weighted by atomic mass is 10.1. The maximum Gasteiger partial charge on any atom is 0.151 e. The van der Waals surface area contributed by atoms with Gasteiger partial charge in [0.15, 0.2) is 5.75 Å². The van der Waals surface area contributed by atoms with Crippen molar-refractivity contribution in [3.05, 3.63) is 53.9 Å². The number of aromatic nitrogens is 2. The molecule has 2 aromatic heterocycles. The average Bonchev–Trinajstić information content (AvgIpc) is 2.42. The van der Waals surface area contributed by atoms with Crippen LogP contribution >= 0.6 is 11.6 Å². The second-order valence-corrected chi connectivity index (χ2v) is 4.42. The molecular weight excluding hydrogens is 262 g/mol. The van der Waals surface area contributed by atoms with Gasteiger partial charge in [-0.15, -0.1) is 0 Å². The van der Waals surface area contributed by atoms with Gasteiger partial charge in [-0.25, -0.2) is 0 Å². The van der Waals surface area contributed by atoms with Gasteiger partial charge in [-0.1, -0.05) is 11.6 Å². The first-order valence-electron chi connectivity index (χ1n) is 5.65. The standard InChI is InChI=1S/C14H10ClN3O/c15-9-6-10(8-17-7-9)19-13-4-3-12-11(14(13)16)2-1-5-18-12/h1-8H,16H2.